The Morgan fingerprint density at radius 2 is 1.50 bits per heavy atom. The van der Waals surface area contributed by atoms with Crippen molar-refractivity contribution in [1.29, 1.82) is 0 Å². The Labute approximate surface area is 189 Å². The first-order valence-electron chi connectivity index (χ1n) is 10.0. The fourth-order valence-electron chi connectivity index (χ4n) is 3.20. The van der Waals surface area contributed by atoms with E-state index in [1.165, 1.54) is 43.8 Å². The Morgan fingerprint density at radius 3 is 2.03 bits per heavy atom. The highest BCUT2D eigenvalue weighted by Gasteiger charge is 2.31. The number of benzene rings is 2. The van der Waals surface area contributed by atoms with Gasteiger partial charge in [0, 0.05) is 18.9 Å². The van der Waals surface area contributed by atoms with Crippen LogP contribution in [0, 0.1) is 0 Å². The van der Waals surface area contributed by atoms with Gasteiger partial charge in [-0.1, -0.05) is 32.0 Å². The molecule has 3 rings (SSSR count). The quantitative estimate of drug-likeness (QED) is 0.507. The molecular weight excluding hydrogens is 448 g/mol. The molecule has 1 unspecified atom stereocenters. The first-order valence-corrected chi connectivity index (χ1v) is 13.1. The second-order valence-corrected chi connectivity index (χ2v) is 11.5. The van der Waals surface area contributed by atoms with Crippen molar-refractivity contribution < 1.29 is 21.6 Å². The first-order chi connectivity index (χ1) is 15.1. The van der Waals surface area contributed by atoms with Crippen LogP contribution in [0.1, 0.15) is 36.1 Å². The second-order valence-electron chi connectivity index (χ2n) is 7.57. The molecule has 0 radical (unpaired) electrons. The molecule has 1 aromatic heterocycles. The van der Waals surface area contributed by atoms with Crippen LogP contribution in [0.3, 0.4) is 0 Å². The van der Waals surface area contributed by atoms with Crippen molar-refractivity contribution in [2.45, 2.75) is 34.8 Å². The Kier molecular flexibility index (Phi) is 7.33. The number of nitrogens with zero attached hydrogens (tertiary/aromatic N) is 1. The van der Waals surface area contributed by atoms with Crippen molar-refractivity contribution in [3.8, 4) is 5.75 Å². The minimum atomic E-state index is -3.92. The SMILES string of the molecule is COc1ccc(S(=O)(=O)C(CNS(=O)(=O)c2ccc(C(C)C)cc2)c2cccnc2)cc1. The first kappa shape index (κ1) is 23.9. The average molecular weight is 475 g/mol. The monoisotopic (exact) mass is 474 g/mol. The third-order valence-corrected chi connectivity index (χ3v) is 8.69. The average Bonchev–Trinajstić information content (AvgIpc) is 2.79. The van der Waals surface area contributed by atoms with Crippen LogP contribution in [-0.2, 0) is 19.9 Å². The molecule has 170 valence electrons. The molecule has 0 fully saturated rings. The lowest BCUT2D eigenvalue weighted by molar-refractivity contribution is 0.414. The van der Waals surface area contributed by atoms with Gasteiger partial charge in [0.05, 0.1) is 16.9 Å². The third kappa shape index (κ3) is 5.35. The van der Waals surface area contributed by atoms with Crippen molar-refractivity contribution in [3.63, 3.8) is 0 Å². The molecule has 0 aliphatic heterocycles. The zero-order chi connectivity index (χ0) is 23.4. The summed E-state index contributed by atoms with van der Waals surface area (Å²) in [5.74, 6) is 0.789. The number of rotatable bonds is 9. The number of hydrogen-bond donors (Lipinski definition) is 1. The number of sulfone groups is 1. The molecule has 0 amide bonds. The van der Waals surface area contributed by atoms with E-state index < -0.39 is 25.1 Å². The van der Waals surface area contributed by atoms with Crippen LogP contribution < -0.4 is 9.46 Å². The standard InChI is InChI=1S/C23H26N2O5S2/c1-17(2)18-6-10-22(11-7-18)32(28,29)25-16-23(19-5-4-14-24-15-19)31(26,27)21-12-8-20(30-3)9-13-21/h4-15,17,23,25H,16H2,1-3H3. The smallest absolute Gasteiger partial charge is 0.240 e. The van der Waals surface area contributed by atoms with Crippen molar-refractivity contribution in [2.75, 3.05) is 13.7 Å². The topological polar surface area (TPSA) is 102 Å². The number of pyridine rings is 1. The molecule has 1 atom stereocenters. The summed E-state index contributed by atoms with van der Waals surface area (Å²) in [7, 11) is -6.35. The van der Waals surface area contributed by atoms with Crippen LogP contribution >= 0.6 is 0 Å². The summed E-state index contributed by atoms with van der Waals surface area (Å²) in [5, 5.41) is -1.16. The number of hydrogen-bond acceptors (Lipinski definition) is 6. The minimum absolute atomic E-state index is 0.0626. The second kappa shape index (κ2) is 9.81. The lowest BCUT2D eigenvalue weighted by atomic mass is 10.0. The van der Waals surface area contributed by atoms with Crippen LogP contribution in [0.5, 0.6) is 5.75 Å². The number of methoxy groups -OCH3 is 1. The molecule has 3 aromatic rings. The van der Waals surface area contributed by atoms with Gasteiger partial charge in [-0.05, 0) is 59.5 Å². The summed E-state index contributed by atoms with van der Waals surface area (Å²) in [4.78, 5) is 4.15. The number of aromatic nitrogens is 1. The van der Waals surface area contributed by atoms with E-state index in [0.29, 0.717) is 11.3 Å². The molecule has 9 heteroatoms. The van der Waals surface area contributed by atoms with Crippen LogP contribution in [-0.4, -0.2) is 35.5 Å². The molecule has 32 heavy (non-hydrogen) atoms. The highest BCUT2D eigenvalue weighted by atomic mass is 32.2. The fourth-order valence-corrected chi connectivity index (χ4v) is 6.00. The van der Waals surface area contributed by atoms with Gasteiger partial charge in [-0.3, -0.25) is 4.98 Å². The molecule has 7 nitrogen and oxygen atoms in total. The highest BCUT2D eigenvalue weighted by molar-refractivity contribution is 7.92. The van der Waals surface area contributed by atoms with E-state index in [2.05, 4.69) is 9.71 Å². The van der Waals surface area contributed by atoms with Crippen molar-refractivity contribution in [3.05, 3.63) is 84.2 Å². The Bertz CT molecular complexity index is 1240. The zero-order valence-corrected chi connectivity index (χ0v) is 19.7. The molecule has 0 saturated carbocycles. The maximum Gasteiger partial charge on any atom is 0.240 e. The van der Waals surface area contributed by atoms with E-state index in [9.17, 15) is 16.8 Å². The molecule has 0 bridgehead atoms. The fraction of sp³-hybridized carbons (Fsp3) is 0.261. The summed E-state index contributed by atoms with van der Waals surface area (Å²) in [6, 6.07) is 15.8. The molecule has 0 spiro atoms. The lowest BCUT2D eigenvalue weighted by Crippen LogP contribution is -2.32. The normalized spacial score (nSPS) is 13.1. The van der Waals surface area contributed by atoms with E-state index in [1.807, 2.05) is 13.8 Å². The summed E-state index contributed by atoms with van der Waals surface area (Å²) < 4.78 is 60.1. The van der Waals surface area contributed by atoms with Gasteiger partial charge in [0.2, 0.25) is 10.0 Å². The van der Waals surface area contributed by atoms with Gasteiger partial charge in [0.15, 0.2) is 9.84 Å². The summed E-state index contributed by atoms with van der Waals surface area (Å²) in [6.07, 6.45) is 2.96. The molecule has 1 heterocycles. The van der Waals surface area contributed by atoms with Crippen LogP contribution in [0.15, 0.2) is 82.8 Å². The van der Waals surface area contributed by atoms with Gasteiger partial charge in [-0.25, -0.2) is 21.6 Å². The van der Waals surface area contributed by atoms with Gasteiger partial charge in [-0.2, -0.15) is 0 Å². The van der Waals surface area contributed by atoms with Crippen molar-refractivity contribution >= 4 is 19.9 Å². The zero-order valence-electron chi connectivity index (χ0n) is 18.1. The predicted molar refractivity (Wildman–Crippen MR) is 123 cm³/mol. The molecular formula is C23H26N2O5S2. The third-order valence-electron chi connectivity index (χ3n) is 5.13. The summed E-state index contributed by atoms with van der Waals surface area (Å²) in [5.41, 5.74) is 1.40. The van der Waals surface area contributed by atoms with E-state index in [0.717, 1.165) is 5.56 Å². The molecule has 1 N–H and O–H groups in total. The molecule has 2 aromatic carbocycles. The Balaban J connectivity index is 1.91. The number of nitrogens with one attached hydrogen (secondary N) is 1. The Hall–Kier alpha value is -2.75. The summed E-state index contributed by atoms with van der Waals surface area (Å²) >= 11 is 0. The van der Waals surface area contributed by atoms with E-state index in [1.54, 1.807) is 36.4 Å². The predicted octanol–water partition coefficient (Wildman–Crippen LogP) is 3.71. The van der Waals surface area contributed by atoms with Crippen LogP contribution in [0.25, 0.3) is 0 Å². The van der Waals surface area contributed by atoms with Crippen LogP contribution in [0.2, 0.25) is 0 Å². The van der Waals surface area contributed by atoms with Gasteiger partial charge in [0.25, 0.3) is 0 Å². The number of ether oxygens (including phenoxy) is 1. The largest absolute Gasteiger partial charge is 0.497 e. The van der Waals surface area contributed by atoms with E-state index in [-0.39, 0.29) is 22.3 Å². The van der Waals surface area contributed by atoms with Gasteiger partial charge in [0.1, 0.15) is 11.0 Å². The van der Waals surface area contributed by atoms with Crippen molar-refractivity contribution in [1.82, 2.24) is 9.71 Å². The highest BCUT2D eigenvalue weighted by Crippen LogP contribution is 2.30. The summed E-state index contributed by atoms with van der Waals surface area (Å²) in [6.45, 7) is 3.70. The maximum absolute atomic E-state index is 13.4. The molecule has 0 aliphatic rings. The van der Waals surface area contributed by atoms with Crippen LogP contribution in [0.4, 0.5) is 0 Å². The maximum atomic E-state index is 13.4. The van der Waals surface area contributed by atoms with Gasteiger partial charge >= 0.3 is 0 Å². The van der Waals surface area contributed by atoms with Gasteiger partial charge < -0.3 is 4.74 Å². The van der Waals surface area contributed by atoms with E-state index in [4.69, 9.17) is 4.74 Å². The van der Waals surface area contributed by atoms with E-state index >= 15 is 0 Å². The minimum Gasteiger partial charge on any atom is -0.497 e. The Morgan fingerprint density at radius 1 is 0.875 bits per heavy atom. The van der Waals surface area contributed by atoms with Crippen molar-refractivity contribution in [2.24, 2.45) is 0 Å². The lowest BCUT2D eigenvalue weighted by Gasteiger charge is -2.19. The molecule has 0 saturated heterocycles. The molecule has 0 aliphatic carbocycles. The number of sulfonamides is 1. The van der Waals surface area contributed by atoms with Gasteiger partial charge in [-0.15, -0.1) is 0 Å².